The first kappa shape index (κ1) is 21.8. The van der Waals surface area contributed by atoms with E-state index < -0.39 is 16.0 Å². The SMILES string of the molecule is COC(=O)COc1cc(C)c(S(=O)(=O)Nc2c(C)cccc2C)cc1C(C)C. The van der Waals surface area contributed by atoms with E-state index in [1.165, 1.54) is 7.11 Å². The molecule has 0 heterocycles. The van der Waals surface area contributed by atoms with Crippen LogP contribution in [0.25, 0.3) is 0 Å². The topological polar surface area (TPSA) is 81.7 Å². The van der Waals surface area contributed by atoms with Gasteiger partial charge in [0, 0.05) is 0 Å². The van der Waals surface area contributed by atoms with Crippen LogP contribution in [0, 0.1) is 20.8 Å². The van der Waals surface area contributed by atoms with Gasteiger partial charge in [0.15, 0.2) is 6.61 Å². The Labute approximate surface area is 166 Å². The van der Waals surface area contributed by atoms with Crippen LogP contribution >= 0.6 is 0 Å². The molecule has 0 saturated carbocycles. The van der Waals surface area contributed by atoms with E-state index in [4.69, 9.17) is 4.74 Å². The van der Waals surface area contributed by atoms with Crippen molar-refractivity contribution in [3.05, 3.63) is 52.6 Å². The molecule has 0 aliphatic carbocycles. The number of anilines is 1. The predicted molar refractivity (Wildman–Crippen MR) is 110 cm³/mol. The number of methoxy groups -OCH3 is 1. The van der Waals surface area contributed by atoms with E-state index in [0.717, 1.165) is 11.1 Å². The molecule has 6 nitrogen and oxygen atoms in total. The summed E-state index contributed by atoms with van der Waals surface area (Å²) in [5.41, 5.74) is 3.52. The van der Waals surface area contributed by atoms with Gasteiger partial charge in [-0.3, -0.25) is 4.72 Å². The Kier molecular flexibility index (Phi) is 6.72. The molecule has 7 heteroatoms. The lowest BCUT2D eigenvalue weighted by Crippen LogP contribution is -2.17. The first-order valence-electron chi connectivity index (χ1n) is 9.00. The number of esters is 1. The average Bonchev–Trinajstić information content (AvgIpc) is 2.62. The maximum atomic E-state index is 13.1. The summed E-state index contributed by atoms with van der Waals surface area (Å²) in [6, 6.07) is 8.88. The number of ether oxygens (including phenoxy) is 2. The van der Waals surface area contributed by atoms with E-state index in [-0.39, 0.29) is 17.4 Å². The summed E-state index contributed by atoms with van der Waals surface area (Å²) in [5.74, 6) is -0.0212. The van der Waals surface area contributed by atoms with Gasteiger partial charge in [0.25, 0.3) is 10.0 Å². The molecule has 0 unspecified atom stereocenters. The molecular formula is C21H27NO5S. The van der Waals surface area contributed by atoms with Crippen molar-refractivity contribution in [3.8, 4) is 5.75 Å². The standard InChI is InChI=1S/C21H27NO5S/c1-13(2)17-11-19(16(5)10-18(17)27-12-20(23)26-6)28(24,25)22-21-14(3)8-7-9-15(21)4/h7-11,13,22H,12H2,1-6H3. The van der Waals surface area contributed by atoms with E-state index in [9.17, 15) is 13.2 Å². The minimum absolute atomic E-state index is 0.00222. The number of nitrogens with one attached hydrogen (secondary N) is 1. The Bertz CT molecular complexity index is 960. The van der Waals surface area contributed by atoms with Gasteiger partial charge in [-0.1, -0.05) is 32.0 Å². The highest BCUT2D eigenvalue weighted by Gasteiger charge is 2.23. The highest BCUT2D eigenvalue weighted by atomic mass is 32.2. The van der Waals surface area contributed by atoms with Crippen molar-refractivity contribution in [2.24, 2.45) is 0 Å². The van der Waals surface area contributed by atoms with Crippen molar-refractivity contribution in [2.75, 3.05) is 18.4 Å². The summed E-state index contributed by atoms with van der Waals surface area (Å²) in [6.07, 6.45) is 0. The lowest BCUT2D eigenvalue weighted by atomic mass is 10.0. The lowest BCUT2D eigenvalue weighted by Gasteiger charge is -2.19. The minimum Gasteiger partial charge on any atom is -0.482 e. The van der Waals surface area contributed by atoms with Crippen molar-refractivity contribution in [1.29, 1.82) is 0 Å². The number of carbonyl (C=O) groups is 1. The third-order valence-electron chi connectivity index (χ3n) is 4.51. The number of aryl methyl sites for hydroxylation is 3. The van der Waals surface area contributed by atoms with E-state index in [1.807, 2.05) is 45.9 Å². The fourth-order valence-corrected chi connectivity index (χ4v) is 4.37. The van der Waals surface area contributed by atoms with Crippen molar-refractivity contribution in [3.63, 3.8) is 0 Å². The predicted octanol–water partition coefficient (Wildman–Crippen LogP) is 4.09. The Morgan fingerprint density at radius 1 is 1.07 bits per heavy atom. The largest absolute Gasteiger partial charge is 0.482 e. The molecule has 28 heavy (non-hydrogen) atoms. The first-order valence-corrected chi connectivity index (χ1v) is 10.5. The molecule has 2 aromatic carbocycles. The smallest absolute Gasteiger partial charge is 0.343 e. The summed E-state index contributed by atoms with van der Waals surface area (Å²) in [6.45, 7) is 9.06. The van der Waals surface area contributed by atoms with Gasteiger partial charge in [-0.15, -0.1) is 0 Å². The molecule has 1 N–H and O–H groups in total. The van der Waals surface area contributed by atoms with Crippen LogP contribution in [-0.4, -0.2) is 28.1 Å². The molecule has 0 spiro atoms. The van der Waals surface area contributed by atoms with Gasteiger partial charge in [0.1, 0.15) is 5.75 Å². The normalized spacial score (nSPS) is 11.4. The van der Waals surface area contributed by atoms with Crippen LogP contribution in [0.3, 0.4) is 0 Å². The molecule has 0 fully saturated rings. The van der Waals surface area contributed by atoms with Gasteiger partial charge in [0.2, 0.25) is 0 Å². The highest BCUT2D eigenvalue weighted by Crippen LogP contribution is 2.33. The molecule has 0 aliphatic rings. The highest BCUT2D eigenvalue weighted by molar-refractivity contribution is 7.92. The molecule has 0 amide bonds. The third kappa shape index (κ3) is 4.84. The molecular weight excluding hydrogens is 378 g/mol. The average molecular weight is 406 g/mol. The summed E-state index contributed by atoms with van der Waals surface area (Å²) in [7, 11) is -2.51. The van der Waals surface area contributed by atoms with Crippen LogP contribution in [0.4, 0.5) is 5.69 Å². The van der Waals surface area contributed by atoms with E-state index in [2.05, 4.69) is 9.46 Å². The molecule has 0 saturated heterocycles. The number of hydrogen-bond acceptors (Lipinski definition) is 5. The molecule has 0 radical (unpaired) electrons. The van der Waals surface area contributed by atoms with Crippen LogP contribution in [0.1, 0.15) is 42.0 Å². The Balaban J connectivity index is 2.47. The van der Waals surface area contributed by atoms with Crippen LogP contribution in [0.2, 0.25) is 0 Å². The molecule has 0 aliphatic heterocycles. The monoisotopic (exact) mass is 405 g/mol. The van der Waals surface area contributed by atoms with Crippen LogP contribution in [0.5, 0.6) is 5.75 Å². The maximum Gasteiger partial charge on any atom is 0.343 e. The summed E-state index contributed by atoms with van der Waals surface area (Å²) in [4.78, 5) is 11.6. The van der Waals surface area contributed by atoms with Gasteiger partial charge in [-0.2, -0.15) is 0 Å². The van der Waals surface area contributed by atoms with Gasteiger partial charge in [-0.25, -0.2) is 13.2 Å². The van der Waals surface area contributed by atoms with Crippen molar-refractivity contribution in [2.45, 2.75) is 45.4 Å². The summed E-state index contributed by atoms with van der Waals surface area (Å²) < 4.78 is 39.1. The zero-order valence-corrected chi connectivity index (χ0v) is 17.9. The lowest BCUT2D eigenvalue weighted by molar-refractivity contribution is -0.142. The summed E-state index contributed by atoms with van der Waals surface area (Å²) >= 11 is 0. The number of para-hydroxylation sites is 1. The Morgan fingerprint density at radius 3 is 2.21 bits per heavy atom. The Morgan fingerprint density at radius 2 is 1.68 bits per heavy atom. The fraction of sp³-hybridized carbons (Fsp3) is 0.381. The van der Waals surface area contributed by atoms with Gasteiger partial charge < -0.3 is 9.47 Å². The number of hydrogen-bond donors (Lipinski definition) is 1. The quantitative estimate of drug-likeness (QED) is 0.702. The van der Waals surface area contributed by atoms with E-state index in [0.29, 0.717) is 22.6 Å². The second-order valence-electron chi connectivity index (χ2n) is 7.05. The molecule has 0 atom stereocenters. The van der Waals surface area contributed by atoms with Crippen LogP contribution in [0.15, 0.2) is 35.2 Å². The zero-order chi connectivity index (χ0) is 21.1. The van der Waals surface area contributed by atoms with E-state index in [1.54, 1.807) is 19.1 Å². The van der Waals surface area contributed by atoms with Gasteiger partial charge in [0.05, 0.1) is 17.7 Å². The molecule has 2 aromatic rings. The van der Waals surface area contributed by atoms with Crippen molar-refractivity contribution >= 4 is 21.7 Å². The molecule has 0 aromatic heterocycles. The first-order chi connectivity index (χ1) is 13.1. The van der Waals surface area contributed by atoms with Gasteiger partial charge in [-0.05, 0) is 61.1 Å². The molecule has 152 valence electrons. The zero-order valence-electron chi connectivity index (χ0n) is 17.1. The number of benzene rings is 2. The second kappa shape index (κ2) is 8.65. The number of carbonyl (C=O) groups excluding carboxylic acids is 1. The van der Waals surface area contributed by atoms with Gasteiger partial charge >= 0.3 is 5.97 Å². The maximum absolute atomic E-state index is 13.1. The number of sulfonamides is 1. The second-order valence-corrected chi connectivity index (χ2v) is 8.70. The van der Waals surface area contributed by atoms with Crippen LogP contribution < -0.4 is 9.46 Å². The van der Waals surface area contributed by atoms with Crippen LogP contribution in [-0.2, 0) is 19.6 Å². The minimum atomic E-state index is -3.79. The third-order valence-corrected chi connectivity index (χ3v) is 6.00. The fourth-order valence-electron chi connectivity index (χ4n) is 2.90. The van der Waals surface area contributed by atoms with E-state index >= 15 is 0 Å². The van der Waals surface area contributed by atoms with Crippen molar-refractivity contribution < 1.29 is 22.7 Å². The molecule has 2 rings (SSSR count). The summed E-state index contributed by atoms with van der Waals surface area (Å²) in [5, 5.41) is 0. The van der Waals surface area contributed by atoms with Crippen molar-refractivity contribution in [1.82, 2.24) is 0 Å². The number of rotatable bonds is 7. The molecule has 0 bridgehead atoms. The Hall–Kier alpha value is -2.54.